The first-order valence-corrected chi connectivity index (χ1v) is 8.12. The van der Waals surface area contributed by atoms with Crippen LogP contribution < -0.4 is 5.32 Å². The van der Waals surface area contributed by atoms with Gasteiger partial charge in [0.2, 0.25) is 0 Å². The van der Waals surface area contributed by atoms with E-state index in [9.17, 15) is 9.18 Å². The lowest BCUT2D eigenvalue weighted by molar-refractivity contribution is 0.102. The van der Waals surface area contributed by atoms with Gasteiger partial charge in [0.1, 0.15) is 11.3 Å². The highest BCUT2D eigenvalue weighted by molar-refractivity contribution is 6.05. The van der Waals surface area contributed by atoms with Crippen molar-refractivity contribution < 1.29 is 9.18 Å². The van der Waals surface area contributed by atoms with E-state index in [2.05, 4.69) is 15.6 Å². The minimum absolute atomic E-state index is 0.251. The third-order valence-corrected chi connectivity index (χ3v) is 4.51. The van der Waals surface area contributed by atoms with E-state index < -0.39 is 0 Å². The van der Waals surface area contributed by atoms with Crippen LogP contribution >= 0.6 is 0 Å². The fraction of sp³-hybridized carbons (Fsp3) is 0.278. The monoisotopic (exact) mass is 324 g/mol. The average molecular weight is 324 g/mol. The predicted octanol–water partition coefficient (Wildman–Crippen LogP) is 3.94. The molecule has 3 aromatic rings. The van der Waals surface area contributed by atoms with Crippen molar-refractivity contribution in [1.29, 1.82) is 0 Å². The maximum absolute atomic E-state index is 12.9. The zero-order chi connectivity index (χ0) is 16.5. The second kappa shape index (κ2) is 6.03. The van der Waals surface area contributed by atoms with E-state index in [4.69, 9.17) is 0 Å². The Balaban J connectivity index is 1.58. The van der Waals surface area contributed by atoms with Gasteiger partial charge >= 0.3 is 0 Å². The number of anilines is 1. The van der Waals surface area contributed by atoms with Crippen molar-refractivity contribution in [2.45, 2.75) is 31.7 Å². The third kappa shape index (κ3) is 2.75. The van der Waals surface area contributed by atoms with Crippen molar-refractivity contribution in [3.8, 4) is 0 Å². The van der Waals surface area contributed by atoms with Crippen molar-refractivity contribution >= 4 is 22.6 Å². The Labute approximate surface area is 138 Å². The van der Waals surface area contributed by atoms with E-state index in [0.717, 1.165) is 18.4 Å². The number of halogens is 1. The van der Waals surface area contributed by atoms with Crippen LogP contribution in [0.4, 0.5) is 10.1 Å². The summed E-state index contributed by atoms with van der Waals surface area (Å²) in [5.41, 5.74) is 2.73. The normalized spacial score (nSPS) is 15.0. The Hall–Kier alpha value is -2.76. The number of benzene rings is 2. The molecule has 0 aliphatic heterocycles. The van der Waals surface area contributed by atoms with Gasteiger partial charge in [-0.15, -0.1) is 5.10 Å². The summed E-state index contributed by atoms with van der Waals surface area (Å²) >= 11 is 0. The Morgan fingerprint density at radius 3 is 2.62 bits per heavy atom. The minimum atomic E-state index is -0.335. The maximum atomic E-state index is 12.9. The highest BCUT2D eigenvalue weighted by Crippen LogP contribution is 2.31. The number of aromatic nitrogens is 3. The van der Waals surface area contributed by atoms with E-state index in [-0.39, 0.29) is 11.7 Å². The molecule has 1 aromatic heterocycles. The van der Waals surface area contributed by atoms with Gasteiger partial charge in [-0.2, -0.15) is 0 Å². The first kappa shape index (κ1) is 14.8. The van der Waals surface area contributed by atoms with Gasteiger partial charge < -0.3 is 5.32 Å². The summed E-state index contributed by atoms with van der Waals surface area (Å²) in [6, 6.07) is 11.5. The van der Waals surface area contributed by atoms with Gasteiger partial charge in [0.25, 0.3) is 5.91 Å². The number of carbonyl (C=O) groups excluding carboxylic acids is 1. The molecule has 0 spiro atoms. The number of hydrogen-bond acceptors (Lipinski definition) is 3. The van der Waals surface area contributed by atoms with Crippen LogP contribution in [0, 0.1) is 5.82 Å². The topological polar surface area (TPSA) is 59.8 Å². The van der Waals surface area contributed by atoms with Gasteiger partial charge in [-0.1, -0.05) is 18.1 Å². The molecule has 5 nitrogen and oxygen atoms in total. The van der Waals surface area contributed by atoms with Crippen LogP contribution in [0.15, 0.2) is 42.5 Å². The third-order valence-electron chi connectivity index (χ3n) is 4.51. The molecule has 1 aliphatic rings. The molecule has 1 saturated carbocycles. The Morgan fingerprint density at radius 1 is 1.12 bits per heavy atom. The standard InChI is InChI=1S/C18H17FN4O/c19-13-6-8-14(9-7-13)20-18(24)12-5-10-17-16(11-12)21-22-23(17)15-3-1-2-4-15/h5-11,15H,1-4H2,(H,20,24). The SMILES string of the molecule is O=C(Nc1ccc(F)cc1)c1ccc2c(c1)nnn2C1CCCC1. The van der Waals surface area contributed by atoms with Gasteiger partial charge in [0.15, 0.2) is 0 Å². The average Bonchev–Trinajstić information content (AvgIpc) is 3.25. The zero-order valence-corrected chi connectivity index (χ0v) is 13.1. The summed E-state index contributed by atoms with van der Waals surface area (Å²) in [5, 5.41) is 11.2. The molecule has 1 heterocycles. The molecule has 0 unspecified atom stereocenters. The lowest BCUT2D eigenvalue weighted by Gasteiger charge is -2.10. The van der Waals surface area contributed by atoms with Gasteiger partial charge in [-0.25, -0.2) is 9.07 Å². The Kier molecular flexibility index (Phi) is 3.72. The highest BCUT2D eigenvalue weighted by Gasteiger charge is 2.20. The summed E-state index contributed by atoms with van der Waals surface area (Å²) in [7, 11) is 0. The van der Waals surface area contributed by atoms with Gasteiger partial charge in [-0.05, 0) is 55.3 Å². The molecule has 0 bridgehead atoms. The van der Waals surface area contributed by atoms with E-state index >= 15 is 0 Å². The van der Waals surface area contributed by atoms with E-state index in [1.807, 2.05) is 10.7 Å². The molecule has 24 heavy (non-hydrogen) atoms. The Morgan fingerprint density at radius 2 is 1.88 bits per heavy atom. The van der Waals surface area contributed by atoms with Crippen LogP contribution in [0.2, 0.25) is 0 Å². The lowest BCUT2D eigenvalue weighted by atomic mass is 10.1. The molecule has 1 aliphatic carbocycles. The van der Waals surface area contributed by atoms with Gasteiger partial charge in [0.05, 0.1) is 11.6 Å². The van der Waals surface area contributed by atoms with Crippen LogP contribution in [0.3, 0.4) is 0 Å². The van der Waals surface area contributed by atoms with Crippen molar-refractivity contribution in [2.75, 3.05) is 5.32 Å². The molecule has 6 heteroatoms. The van der Waals surface area contributed by atoms with Crippen LogP contribution in [0.1, 0.15) is 42.1 Å². The van der Waals surface area contributed by atoms with E-state index in [1.54, 1.807) is 12.1 Å². The highest BCUT2D eigenvalue weighted by atomic mass is 19.1. The summed E-state index contributed by atoms with van der Waals surface area (Å²) in [6.45, 7) is 0. The van der Waals surface area contributed by atoms with Crippen LogP contribution in [0.25, 0.3) is 11.0 Å². The maximum Gasteiger partial charge on any atom is 0.255 e. The summed E-state index contributed by atoms with van der Waals surface area (Å²) < 4.78 is 14.9. The predicted molar refractivity (Wildman–Crippen MR) is 89.4 cm³/mol. The number of amides is 1. The molecule has 1 fully saturated rings. The number of carbonyl (C=O) groups is 1. The number of fused-ring (bicyclic) bond motifs is 1. The number of rotatable bonds is 3. The summed E-state index contributed by atoms with van der Waals surface area (Å²) in [5.74, 6) is -0.586. The fourth-order valence-electron chi connectivity index (χ4n) is 3.24. The van der Waals surface area contributed by atoms with Crippen LogP contribution in [-0.4, -0.2) is 20.9 Å². The second-order valence-corrected chi connectivity index (χ2v) is 6.14. The molecular formula is C18H17FN4O. The van der Waals surface area contributed by atoms with Crippen molar-refractivity contribution in [1.82, 2.24) is 15.0 Å². The molecular weight excluding hydrogens is 307 g/mol. The van der Waals surface area contributed by atoms with Crippen molar-refractivity contribution in [2.24, 2.45) is 0 Å². The Bertz CT molecular complexity index is 882. The lowest BCUT2D eigenvalue weighted by Crippen LogP contribution is -2.12. The van der Waals surface area contributed by atoms with Crippen molar-refractivity contribution in [3.05, 3.63) is 53.8 Å². The molecule has 0 radical (unpaired) electrons. The zero-order valence-electron chi connectivity index (χ0n) is 13.1. The molecule has 0 atom stereocenters. The van der Waals surface area contributed by atoms with Crippen LogP contribution in [0.5, 0.6) is 0 Å². The number of hydrogen-bond donors (Lipinski definition) is 1. The fourth-order valence-corrected chi connectivity index (χ4v) is 3.24. The first-order chi connectivity index (χ1) is 11.7. The molecule has 122 valence electrons. The van der Waals surface area contributed by atoms with E-state index in [1.165, 1.54) is 37.1 Å². The summed E-state index contributed by atoms with van der Waals surface area (Å²) in [6.07, 6.45) is 4.71. The molecule has 0 saturated heterocycles. The van der Waals surface area contributed by atoms with Gasteiger partial charge in [0, 0.05) is 11.3 Å². The largest absolute Gasteiger partial charge is 0.322 e. The minimum Gasteiger partial charge on any atom is -0.322 e. The number of nitrogens with zero attached hydrogens (tertiary/aromatic N) is 3. The molecule has 1 N–H and O–H groups in total. The quantitative estimate of drug-likeness (QED) is 0.794. The molecule has 2 aromatic carbocycles. The van der Waals surface area contributed by atoms with Crippen LogP contribution in [-0.2, 0) is 0 Å². The smallest absolute Gasteiger partial charge is 0.255 e. The second-order valence-electron chi connectivity index (χ2n) is 6.14. The van der Waals surface area contributed by atoms with Gasteiger partial charge in [-0.3, -0.25) is 4.79 Å². The summed E-state index contributed by atoms with van der Waals surface area (Å²) in [4.78, 5) is 12.3. The molecule has 4 rings (SSSR count). The number of nitrogens with one attached hydrogen (secondary N) is 1. The van der Waals surface area contributed by atoms with E-state index in [0.29, 0.717) is 22.8 Å². The van der Waals surface area contributed by atoms with Crippen molar-refractivity contribution in [3.63, 3.8) is 0 Å². The molecule has 1 amide bonds. The first-order valence-electron chi connectivity index (χ1n) is 8.12.